The summed E-state index contributed by atoms with van der Waals surface area (Å²) >= 11 is 0. The van der Waals surface area contributed by atoms with E-state index < -0.39 is 0 Å². The molecule has 0 unspecified atom stereocenters. The largest absolute Gasteiger partial charge is 0.472 e. The van der Waals surface area contributed by atoms with E-state index in [0.29, 0.717) is 24.9 Å². The van der Waals surface area contributed by atoms with Gasteiger partial charge in [0.1, 0.15) is 6.26 Å². The fourth-order valence-electron chi connectivity index (χ4n) is 3.30. The minimum absolute atomic E-state index is 0.0531. The summed E-state index contributed by atoms with van der Waals surface area (Å²) < 4.78 is 10.8. The summed E-state index contributed by atoms with van der Waals surface area (Å²) in [4.78, 5) is 14.3. The van der Waals surface area contributed by atoms with Crippen LogP contribution in [-0.4, -0.2) is 40.6 Å². The van der Waals surface area contributed by atoms with Crippen LogP contribution in [0.5, 0.6) is 0 Å². The lowest BCUT2D eigenvalue weighted by Crippen LogP contribution is -2.41. The highest BCUT2D eigenvalue weighted by Gasteiger charge is 2.26. The molecule has 0 aliphatic carbocycles. The van der Waals surface area contributed by atoms with Crippen molar-refractivity contribution in [1.82, 2.24) is 20.4 Å². The van der Waals surface area contributed by atoms with Crippen LogP contribution in [0.4, 0.5) is 0 Å². The maximum atomic E-state index is 12.2. The van der Waals surface area contributed by atoms with E-state index in [2.05, 4.69) is 20.4 Å². The highest BCUT2D eigenvalue weighted by Crippen LogP contribution is 2.29. The van der Waals surface area contributed by atoms with Crippen molar-refractivity contribution in [2.24, 2.45) is 0 Å². The van der Waals surface area contributed by atoms with Crippen molar-refractivity contribution in [2.75, 3.05) is 19.6 Å². The van der Waals surface area contributed by atoms with E-state index in [9.17, 15) is 4.79 Å². The molecule has 1 saturated heterocycles. The lowest BCUT2D eigenvalue weighted by atomic mass is 9.97. The normalized spacial score (nSPS) is 15.7. The molecule has 2 aromatic heterocycles. The molecule has 27 heavy (non-hydrogen) atoms. The van der Waals surface area contributed by atoms with Crippen LogP contribution in [0.15, 0.2) is 57.8 Å². The topological polar surface area (TPSA) is 84.4 Å². The van der Waals surface area contributed by atoms with Crippen molar-refractivity contribution in [3.05, 3.63) is 60.4 Å². The van der Waals surface area contributed by atoms with Gasteiger partial charge in [-0.1, -0.05) is 30.3 Å². The molecule has 3 aromatic rings. The molecule has 0 bridgehead atoms. The Hall–Kier alpha value is -2.93. The summed E-state index contributed by atoms with van der Waals surface area (Å²) in [7, 11) is 0. The molecular weight excluding hydrogens is 344 g/mol. The molecule has 1 aromatic carbocycles. The van der Waals surface area contributed by atoms with Gasteiger partial charge in [-0.3, -0.25) is 9.69 Å². The monoisotopic (exact) mass is 366 g/mol. The minimum Gasteiger partial charge on any atom is -0.472 e. The third kappa shape index (κ3) is 4.43. The molecule has 4 rings (SSSR count). The molecule has 7 nitrogen and oxygen atoms in total. The van der Waals surface area contributed by atoms with Crippen molar-refractivity contribution >= 4 is 5.91 Å². The summed E-state index contributed by atoms with van der Waals surface area (Å²) in [6, 6.07) is 11.7. The Morgan fingerprint density at radius 3 is 2.70 bits per heavy atom. The van der Waals surface area contributed by atoms with Crippen molar-refractivity contribution in [2.45, 2.75) is 25.3 Å². The van der Waals surface area contributed by atoms with E-state index in [1.54, 1.807) is 18.6 Å². The van der Waals surface area contributed by atoms with E-state index in [4.69, 9.17) is 8.83 Å². The SMILES string of the molecule is O=C(CN1CCC(c2nnc(-c3ccoc3)o2)CC1)NCc1ccccc1. The zero-order valence-electron chi connectivity index (χ0n) is 15.0. The molecule has 0 spiro atoms. The Morgan fingerprint density at radius 2 is 1.96 bits per heavy atom. The van der Waals surface area contributed by atoms with Crippen LogP contribution in [0.1, 0.15) is 30.2 Å². The van der Waals surface area contributed by atoms with Gasteiger partial charge >= 0.3 is 0 Å². The summed E-state index contributed by atoms with van der Waals surface area (Å²) in [5.41, 5.74) is 1.90. The smallest absolute Gasteiger partial charge is 0.250 e. The average molecular weight is 366 g/mol. The number of amides is 1. The van der Waals surface area contributed by atoms with Gasteiger partial charge in [0.25, 0.3) is 5.89 Å². The van der Waals surface area contributed by atoms with Crippen molar-refractivity contribution in [1.29, 1.82) is 0 Å². The number of piperidine rings is 1. The van der Waals surface area contributed by atoms with E-state index >= 15 is 0 Å². The Bertz CT molecular complexity index is 853. The number of carbonyl (C=O) groups is 1. The highest BCUT2D eigenvalue weighted by atomic mass is 16.4. The van der Waals surface area contributed by atoms with Gasteiger partial charge < -0.3 is 14.2 Å². The zero-order valence-corrected chi connectivity index (χ0v) is 15.0. The van der Waals surface area contributed by atoms with E-state index in [1.165, 1.54) is 0 Å². The number of nitrogens with zero attached hydrogens (tertiary/aromatic N) is 3. The predicted molar refractivity (Wildman–Crippen MR) is 98.7 cm³/mol. The van der Waals surface area contributed by atoms with E-state index in [0.717, 1.165) is 37.1 Å². The highest BCUT2D eigenvalue weighted by molar-refractivity contribution is 5.78. The Balaban J connectivity index is 1.23. The van der Waals surface area contributed by atoms with Gasteiger partial charge in [-0.25, -0.2) is 0 Å². The Labute approximate surface area is 157 Å². The van der Waals surface area contributed by atoms with Gasteiger partial charge in [-0.15, -0.1) is 10.2 Å². The Kier molecular flexibility index (Phi) is 5.29. The second kappa shape index (κ2) is 8.18. The molecule has 1 N–H and O–H groups in total. The van der Waals surface area contributed by atoms with Gasteiger partial charge in [0.15, 0.2) is 0 Å². The van der Waals surface area contributed by atoms with Crippen molar-refractivity contribution in [3.8, 4) is 11.5 Å². The number of aromatic nitrogens is 2. The van der Waals surface area contributed by atoms with E-state index in [-0.39, 0.29) is 11.8 Å². The van der Waals surface area contributed by atoms with Gasteiger partial charge in [0.05, 0.1) is 18.4 Å². The fraction of sp³-hybridized carbons (Fsp3) is 0.350. The number of rotatable bonds is 6. The first-order valence-electron chi connectivity index (χ1n) is 9.17. The Morgan fingerprint density at radius 1 is 1.15 bits per heavy atom. The first kappa shape index (κ1) is 17.5. The van der Waals surface area contributed by atoms with Crippen LogP contribution >= 0.6 is 0 Å². The molecule has 0 radical (unpaired) electrons. The molecule has 1 fully saturated rings. The standard InChI is InChI=1S/C20H22N4O3/c25-18(21-12-15-4-2-1-3-5-15)13-24-9-6-16(7-10-24)19-22-23-20(27-19)17-8-11-26-14-17/h1-5,8,11,14,16H,6-7,9-10,12-13H2,(H,21,25). The summed E-state index contributed by atoms with van der Waals surface area (Å²) in [6.45, 7) is 2.66. The number of hydrogen-bond acceptors (Lipinski definition) is 6. The molecule has 7 heteroatoms. The predicted octanol–water partition coefficient (Wildman–Crippen LogP) is 2.83. The number of furan rings is 1. The number of likely N-dealkylation sites (tertiary alicyclic amines) is 1. The quantitative estimate of drug-likeness (QED) is 0.722. The first-order chi connectivity index (χ1) is 13.3. The second-order valence-electron chi connectivity index (χ2n) is 6.77. The third-order valence-corrected chi connectivity index (χ3v) is 4.85. The number of carbonyl (C=O) groups excluding carboxylic acids is 1. The second-order valence-corrected chi connectivity index (χ2v) is 6.77. The average Bonchev–Trinajstić information content (AvgIpc) is 3.39. The van der Waals surface area contributed by atoms with Crippen LogP contribution in [0.25, 0.3) is 11.5 Å². The molecule has 1 aliphatic heterocycles. The number of hydrogen-bond donors (Lipinski definition) is 1. The zero-order chi connectivity index (χ0) is 18.5. The molecule has 140 valence electrons. The first-order valence-corrected chi connectivity index (χ1v) is 9.17. The van der Waals surface area contributed by atoms with Crippen LogP contribution < -0.4 is 5.32 Å². The maximum absolute atomic E-state index is 12.2. The molecule has 1 aliphatic rings. The van der Waals surface area contributed by atoms with Crippen molar-refractivity contribution < 1.29 is 13.6 Å². The maximum Gasteiger partial charge on any atom is 0.250 e. The van der Waals surface area contributed by atoms with Crippen LogP contribution in [0.3, 0.4) is 0 Å². The summed E-state index contributed by atoms with van der Waals surface area (Å²) in [5.74, 6) is 1.44. The van der Waals surface area contributed by atoms with Gasteiger partial charge in [-0.05, 0) is 37.6 Å². The molecule has 0 saturated carbocycles. The minimum atomic E-state index is 0.0531. The van der Waals surface area contributed by atoms with Gasteiger partial charge in [0, 0.05) is 12.5 Å². The van der Waals surface area contributed by atoms with Crippen LogP contribution in [-0.2, 0) is 11.3 Å². The molecule has 3 heterocycles. The van der Waals surface area contributed by atoms with E-state index in [1.807, 2.05) is 30.3 Å². The van der Waals surface area contributed by atoms with Gasteiger partial charge in [-0.2, -0.15) is 0 Å². The molecule has 1 amide bonds. The van der Waals surface area contributed by atoms with Crippen molar-refractivity contribution in [3.63, 3.8) is 0 Å². The van der Waals surface area contributed by atoms with Crippen LogP contribution in [0.2, 0.25) is 0 Å². The molecule has 0 atom stereocenters. The lowest BCUT2D eigenvalue weighted by Gasteiger charge is -2.29. The molecular formula is C20H22N4O3. The lowest BCUT2D eigenvalue weighted by molar-refractivity contribution is -0.122. The fourth-order valence-corrected chi connectivity index (χ4v) is 3.30. The van der Waals surface area contributed by atoms with Crippen LogP contribution in [0, 0.1) is 0 Å². The number of nitrogens with one attached hydrogen (secondary N) is 1. The number of benzene rings is 1. The van der Waals surface area contributed by atoms with Gasteiger partial charge in [0.2, 0.25) is 11.8 Å². The summed E-state index contributed by atoms with van der Waals surface area (Å²) in [5, 5.41) is 11.3. The summed E-state index contributed by atoms with van der Waals surface area (Å²) in [6.07, 6.45) is 4.98. The third-order valence-electron chi connectivity index (χ3n) is 4.85.